The van der Waals surface area contributed by atoms with Gasteiger partial charge in [0.15, 0.2) is 0 Å². The summed E-state index contributed by atoms with van der Waals surface area (Å²) >= 11 is 1.42. The molecule has 160 valence electrons. The zero-order valence-electron chi connectivity index (χ0n) is 17.4. The van der Waals surface area contributed by atoms with Gasteiger partial charge in [-0.1, -0.05) is 37.3 Å². The van der Waals surface area contributed by atoms with Gasteiger partial charge in [0, 0.05) is 22.5 Å². The second kappa shape index (κ2) is 7.69. The van der Waals surface area contributed by atoms with Crippen LogP contribution in [-0.4, -0.2) is 43.3 Å². The molecule has 5 rings (SSSR count). The van der Waals surface area contributed by atoms with E-state index in [2.05, 4.69) is 15.4 Å². The quantitative estimate of drug-likeness (QED) is 0.467. The highest BCUT2D eigenvalue weighted by Crippen LogP contribution is 2.28. The lowest BCUT2D eigenvalue weighted by Gasteiger charge is -2.20. The van der Waals surface area contributed by atoms with Crippen molar-refractivity contribution >= 4 is 40.0 Å². The van der Waals surface area contributed by atoms with Crippen LogP contribution < -0.4 is 5.32 Å². The zero-order valence-corrected chi connectivity index (χ0v) is 18.2. The molecule has 2 aromatic carbocycles. The number of fused-ring (bicyclic) bond motifs is 2. The lowest BCUT2D eigenvalue weighted by atomic mass is 10.1. The van der Waals surface area contributed by atoms with Crippen LogP contribution in [0.2, 0.25) is 0 Å². The number of amides is 3. The van der Waals surface area contributed by atoms with Crippen LogP contribution in [0.4, 0.5) is 5.95 Å². The largest absolute Gasteiger partial charge is 0.289 e. The van der Waals surface area contributed by atoms with Crippen molar-refractivity contribution in [1.29, 1.82) is 0 Å². The maximum atomic E-state index is 12.8. The van der Waals surface area contributed by atoms with Crippen LogP contribution in [0.5, 0.6) is 0 Å². The maximum absolute atomic E-state index is 12.8. The van der Waals surface area contributed by atoms with Crippen molar-refractivity contribution in [2.75, 3.05) is 5.32 Å². The molecule has 0 saturated heterocycles. The summed E-state index contributed by atoms with van der Waals surface area (Å²) < 4.78 is 1.69. The molecule has 4 aromatic rings. The first-order valence-corrected chi connectivity index (χ1v) is 11.1. The molecule has 1 N–H and O–H groups in total. The number of nitrogens with zero attached hydrogens (tertiary/aromatic N) is 4. The van der Waals surface area contributed by atoms with Crippen LogP contribution in [-0.2, 0) is 0 Å². The zero-order chi connectivity index (χ0) is 22.4. The van der Waals surface area contributed by atoms with Crippen molar-refractivity contribution in [3.8, 4) is 11.3 Å². The molecule has 1 aliphatic rings. The highest BCUT2D eigenvalue weighted by molar-refractivity contribution is 7.15. The van der Waals surface area contributed by atoms with Gasteiger partial charge in [0.25, 0.3) is 23.7 Å². The fraction of sp³-hybridized carbons (Fsp3) is 0.174. The first-order chi connectivity index (χ1) is 15.5. The molecule has 1 aliphatic heterocycles. The number of carbonyl (C=O) groups is 3. The molecule has 2 aromatic heterocycles. The number of rotatable bonds is 5. The molecule has 9 heteroatoms. The molecular weight excluding hydrogens is 426 g/mol. The number of hydrogen-bond acceptors (Lipinski definition) is 6. The third-order valence-corrected chi connectivity index (χ3v) is 6.40. The predicted octanol–water partition coefficient (Wildman–Crippen LogP) is 4.10. The molecule has 8 nitrogen and oxygen atoms in total. The first-order valence-electron chi connectivity index (χ1n) is 10.2. The first kappa shape index (κ1) is 20.1. The Morgan fingerprint density at radius 2 is 1.84 bits per heavy atom. The summed E-state index contributed by atoms with van der Waals surface area (Å²) in [4.78, 5) is 44.4. The van der Waals surface area contributed by atoms with E-state index < -0.39 is 5.91 Å². The van der Waals surface area contributed by atoms with Gasteiger partial charge in [-0.2, -0.15) is 4.98 Å². The third kappa shape index (κ3) is 3.18. The van der Waals surface area contributed by atoms with E-state index in [0.29, 0.717) is 16.9 Å². The number of aromatic nitrogens is 3. The van der Waals surface area contributed by atoms with Crippen molar-refractivity contribution in [1.82, 2.24) is 19.5 Å². The van der Waals surface area contributed by atoms with Crippen molar-refractivity contribution in [2.24, 2.45) is 0 Å². The molecule has 3 heterocycles. The number of thiazole rings is 1. The summed E-state index contributed by atoms with van der Waals surface area (Å²) in [5.41, 5.74) is 2.70. The lowest BCUT2D eigenvalue weighted by molar-refractivity contribution is 0.0593. The Labute approximate surface area is 187 Å². The highest BCUT2D eigenvalue weighted by Gasteiger charge is 2.38. The molecular formula is C23H19N5O3S. The molecule has 0 radical (unpaired) electrons. The van der Waals surface area contributed by atoms with Crippen LogP contribution in [0, 0.1) is 0 Å². The topological polar surface area (TPSA) is 96.7 Å². The molecule has 0 saturated carbocycles. The standard InChI is InChI=1S/C23H19N5O3S/c1-3-13(2)27-20(30)16-10-9-15(11-17(16)21(27)31)19(29)24-22-25-23-28(26-22)18(12-32-23)14-7-5-4-6-8-14/h4-13H,3H2,1-2H3,(H,24,26,29). The van der Waals surface area contributed by atoms with Gasteiger partial charge in [0.1, 0.15) is 0 Å². The minimum Gasteiger partial charge on any atom is -0.289 e. The Kier molecular flexibility index (Phi) is 4.82. The number of nitrogens with one attached hydrogen (secondary N) is 1. The van der Waals surface area contributed by atoms with Gasteiger partial charge in [-0.05, 0) is 31.5 Å². The number of hydrogen-bond donors (Lipinski definition) is 1. The van der Waals surface area contributed by atoms with Gasteiger partial charge < -0.3 is 0 Å². The number of imide groups is 1. The molecule has 1 atom stereocenters. The average molecular weight is 446 g/mol. The summed E-state index contributed by atoms with van der Waals surface area (Å²) in [6.45, 7) is 3.74. The van der Waals surface area contributed by atoms with Gasteiger partial charge in [-0.25, -0.2) is 4.52 Å². The van der Waals surface area contributed by atoms with E-state index in [1.807, 2.05) is 49.6 Å². The van der Waals surface area contributed by atoms with E-state index in [0.717, 1.165) is 11.3 Å². The SMILES string of the molecule is CCC(C)N1C(=O)c2ccc(C(=O)Nc3nc4scc(-c5ccccc5)n4n3)cc2C1=O. The predicted molar refractivity (Wildman–Crippen MR) is 121 cm³/mol. The van der Waals surface area contributed by atoms with E-state index in [1.54, 1.807) is 4.52 Å². The Bertz CT molecular complexity index is 1380. The lowest BCUT2D eigenvalue weighted by Crippen LogP contribution is -2.37. The molecule has 0 spiro atoms. The van der Waals surface area contributed by atoms with Gasteiger partial charge >= 0.3 is 0 Å². The smallest absolute Gasteiger partial charge is 0.261 e. The minimum atomic E-state index is -0.449. The van der Waals surface area contributed by atoms with Gasteiger partial charge in [-0.3, -0.25) is 24.6 Å². The van der Waals surface area contributed by atoms with Crippen LogP contribution in [0.1, 0.15) is 51.3 Å². The van der Waals surface area contributed by atoms with E-state index in [4.69, 9.17) is 0 Å². The number of carbonyl (C=O) groups excluding carboxylic acids is 3. The molecule has 0 fully saturated rings. The van der Waals surface area contributed by atoms with Crippen LogP contribution in [0.3, 0.4) is 0 Å². The number of benzene rings is 2. The van der Waals surface area contributed by atoms with Crippen LogP contribution in [0.15, 0.2) is 53.9 Å². The molecule has 3 amide bonds. The van der Waals surface area contributed by atoms with Gasteiger partial charge in [0.2, 0.25) is 4.96 Å². The van der Waals surface area contributed by atoms with Gasteiger partial charge in [-0.15, -0.1) is 16.4 Å². The van der Waals surface area contributed by atoms with E-state index >= 15 is 0 Å². The Morgan fingerprint density at radius 1 is 1.09 bits per heavy atom. The van der Waals surface area contributed by atoms with Gasteiger partial charge in [0.05, 0.1) is 16.8 Å². The monoisotopic (exact) mass is 445 g/mol. The molecule has 1 unspecified atom stereocenters. The summed E-state index contributed by atoms with van der Waals surface area (Å²) in [6.07, 6.45) is 0.660. The molecule has 0 aliphatic carbocycles. The second-order valence-corrected chi connectivity index (χ2v) is 8.41. The Hall–Kier alpha value is -3.85. The average Bonchev–Trinajstić information content (AvgIpc) is 3.45. The summed E-state index contributed by atoms with van der Waals surface area (Å²) in [5, 5.41) is 9.07. The van der Waals surface area contributed by atoms with E-state index in [-0.39, 0.29) is 34.9 Å². The highest BCUT2D eigenvalue weighted by atomic mass is 32.1. The minimum absolute atomic E-state index is 0.170. The van der Waals surface area contributed by atoms with Crippen LogP contribution in [0.25, 0.3) is 16.2 Å². The number of anilines is 1. The summed E-state index contributed by atoms with van der Waals surface area (Å²) in [5.74, 6) is -0.976. The van der Waals surface area contributed by atoms with Crippen molar-refractivity contribution in [3.05, 3.63) is 70.6 Å². The van der Waals surface area contributed by atoms with Crippen molar-refractivity contribution < 1.29 is 14.4 Å². The Morgan fingerprint density at radius 3 is 2.59 bits per heavy atom. The Balaban J connectivity index is 1.41. The molecule has 0 bridgehead atoms. The van der Waals surface area contributed by atoms with Crippen molar-refractivity contribution in [3.63, 3.8) is 0 Å². The third-order valence-electron chi connectivity index (χ3n) is 5.59. The summed E-state index contributed by atoms with van der Waals surface area (Å²) in [7, 11) is 0. The van der Waals surface area contributed by atoms with Crippen LogP contribution >= 0.6 is 11.3 Å². The normalized spacial score (nSPS) is 14.1. The van der Waals surface area contributed by atoms with E-state index in [1.165, 1.54) is 34.4 Å². The fourth-order valence-electron chi connectivity index (χ4n) is 3.70. The fourth-order valence-corrected chi connectivity index (χ4v) is 4.53. The summed E-state index contributed by atoms with van der Waals surface area (Å²) in [6, 6.07) is 14.1. The molecule has 32 heavy (non-hydrogen) atoms. The maximum Gasteiger partial charge on any atom is 0.261 e. The second-order valence-electron chi connectivity index (χ2n) is 7.57. The van der Waals surface area contributed by atoms with Crippen molar-refractivity contribution in [2.45, 2.75) is 26.3 Å². The van der Waals surface area contributed by atoms with E-state index in [9.17, 15) is 14.4 Å².